The molecular formula is C11H9N2O5S. The SMILES string of the molecule is C#Cc1ccc(S(=O)(=O)N(O)[C@@H]([C]=O)C(N)=O)cc1. The summed E-state index contributed by atoms with van der Waals surface area (Å²) in [4.78, 5) is 20.9. The molecule has 1 aromatic carbocycles. The lowest BCUT2D eigenvalue weighted by atomic mass is 10.2. The monoisotopic (exact) mass is 281 g/mol. The number of hydrogen-bond donors (Lipinski definition) is 2. The van der Waals surface area contributed by atoms with Gasteiger partial charge in [0.1, 0.15) is 0 Å². The Morgan fingerprint density at radius 1 is 1.37 bits per heavy atom. The Morgan fingerprint density at radius 3 is 2.26 bits per heavy atom. The van der Waals surface area contributed by atoms with Crippen LogP contribution < -0.4 is 5.73 Å². The van der Waals surface area contributed by atoms with E-state index in [0.717, 1.165) is 18.4 Å². The van der Waals surface area contributed by atoms with Crippen LogP contribution in [0.15, 0.2) is 29.2 Å². The van der Waals surface area contributed by atoms with Crippen molar-refractivity contribution >= 4 is 22.2 Å². The highest BCUT2D eigenvalue weighted by Crippen LogP contribution is 2.16. The molecular weight excluding hydrogens is 272 g/mol. The number of rotatable bonds is 5. The van der Waals surface area contributed by atoms with Gasteiger partial charge in [0.2, 0.25) is 12.2 Å². The first-order chi connectivity index (χ1) is 8.84. The average molecular weight is 281 g/mol. The second-order valence-electron chi connectivity index (χ2n) is 3.37. The highest BCUT2D eigenvalue weighted by Gasteiger charge is 2.34. The molecule has 1 radical (unpaired) electrons. The van der Waals surface area contributed by atoms with Crippen molar-refractivity contribution in [1.82, 2.24) is 4.47 Å². The van der Waals surface area contributed by atoms with Crippen LogP contribution in [0.4, 0.5) is 0 Å². The van der Waals surface area contributed by atoms with Gasteiger partial charge < -0.3 is 5.73 Å². The Bertz CT molecular complexity index is 630. The van der Waals surface area contributed by atoms with Crippen molar-refractivity contribution in [3.05, 3.63) is 29.8 Å². The summed E-state index contributed by atoms with van der Waals surface area (Å²) in [7, 11) is -4.46. The lowest BCUT2D eigenvalue weighted by molar-refractivity contribution is -0.126. The third kappa shape index (κ3) is 2.97. The molecule has 99 valence electrons. The number of nitrogens with two attached hydrogens (primary N) is 1. The van der Waals surface area contributed by atoms with Crippen molar-refractivity contribution in [2.75, 3.05) is 0 Å². The number of terminal acetylenes is 1. The van der Waals surface area contributed by atoms with Gasteiger partial charge in [-0.15, -0.1) is 6.42 Å². The van der Waals surface area contributed by atoms with Crippen molar-refractivity contribution in [2.24, 2.45) is 5.73 Å². The maximum atomic E-state index is 11.9. The van der Waals surface area contributed by atoms with E-state index in [0.29, 0.717) is 5.56 Å². The average Bonchev–Trinajstić information content (AvgIpc) is 2.39. The Labute approximate surface area is 109 Å². The van der Waals surface area contributed by atoms with Crippen molar-refractivity contribution in [1.29, 1.82) is 0 Å². The first-order valence-corrected chi connectivity index (χ1v) is 6.25. The number of hydroxylamine groups is 1. The second kappa shape index (κ2) is 5.62. The fourth-order valence-electron chi connectivity index (χ4n) is 1.18. The summed E-state index contributed by atoms with van der Waals surface area (Å²) in [5.74, 6) is 0.934. The molecule has 3 N–H and O–H groups in total. The first kappa shape index (κ1) is 14.8. The van der Waals surface area contributed by atoms with Crippen LogP contribution in [-0.4, -0.2) is 36.3 Å². The van der Waals surface area contributed by atoms with Gasteiger partial charge in [-0.2, -0.15) is 0 Å². The zero-order valence-corrected chi connectivity index (χ0v) is 10.3. The molecule has 1 rings (SSSR count). The van der Waals surface area contributed by atoms with Gasteiger partial charge in [-0.25, -0.2) is 8.42 Å². The zero-order valence-electron chi connectivity index (χ0n) is 9.48. The Hall–Kier alpha value is -2.21. The summed E-state index contributed by atoms with van der Waals surface area (Å²) in [5, 5.41) is 9.43. The molecule has 19 heavy (non-hydrogen) atoms. The molecule has 1 aromatic rings. The van der Waals surface area contributed by atoms with Gasteiger partial charge in [-0.05, 0) is 24.3 Å². The van der Waals surface area contributed by atoms with Crippen LogP contribution in [0.1, 0.15) is 5.56 Å². The number of benzene rings is 1. The van der Waals surface area contributed by atoms with Crippen LogP contribution in [-0.2, 0) is 19.6 Å². The molecule has 8 heteroatoms. The molecule has 7 nitrogen and oxygen atoms in total. The molecule has 0 aromatic heterocycles. The summed E-state index contributed by atoms with van der Waals surface area (Å²) in [5.41, 5.74) is 5.20. The van der Waals surface area contributed by atoms with Crippen LogP contribution in [0, 0.1) is 12.3 Å². The predicted molar refractivity (Wildman–Crippen MR) is 63.9 cm³/mol. The normalized spacial score (nSPS) is 12.7. The van der Waals surface area contributed by atoms with Gasteiger partial charge in [0, 0.05) is 5.56 Å². The highest BCUT2D eigenvalue weighted by atomic mass is 32.2. The molecule has 0 bridgehead atoms. The molecule has 0 aliphatic heterocycles. The third-order valence-electron chi connectivity index (χ3n) is 2.17. The van der Waals surface area contributed by atoms with Gasteiger partial charge in [-0.1, -0.05) is 10.4 Å². The summed E-state index contributed by atoms with van der Waals surface area (Å²) < 4.78 is 23.3. The maximum absolute atomic E-state index is 11.9. The topological polar surface area (TPSA) is 118 Å². The van der Waals surface area contributed by atoms with E-state index < -0.39 is 26.4 Å². The lowest BCUT2D eigenvalue weighted by Gasteiger charge is -2.17. The smallest absolute Gasteiger partial charge is 0.266 e. The quantitative estimate of drug-likeness (QED) is 0.408. The van der Waals surface area contributed by atoms with Crippen LogP contribution in [0.5, 0.6) is 0 Å². The number of amides is 1. The molecule has 0 fully saturated rings. The molecule has 1 amide bonds. The minimum atomic E-state index is -4.46. The molecule has 0 aliphatic rings. The fraction of sp³-hybridized carbons (Fsp3) is 0.0909. The highest BCUT2D eigenvalue weighted by molar-refractivity contribution is 7.89. The molecule has 0 heterocycles. The van der Waals surface area contributed by atoms with Gasteiger partial charge >= 0.3 is 0 Å². The standard InChI is InChI=1S/C11H9N2O5S/c1-2-8-3-5-9(6-4-8)19(17,18)13(16)10(7-14)11(12)15/h1,3-6,10,16H,(H2,12,15)/t10-/m0/s1. The van der Waals surface area contributed by atoms with Crippen LogP contribution in [0.3, 0.4) is 0 Å². The van der Waals surface area contributed by atoms with Gasteiger partial charge in [0.25, 0.3) is 10.0 Å². The van der Waals surface area contributed by atoms with E-state index in [1.54, 1.807) is 0 Å². The van der Waals surface area contributed by atoms with Crippen molar-refractivity contribution in [3.63, 3.8) is 0 Å². The van der Waals surface area contributed by atoms with Crippen LogP contribution in [0.2, 0.25) is 0 Å². The number of carbonyl (C=O) groups is 1. The number of nitrogens with zero attached hydrogens (tertiary/aromatic N) is 1. The minimum Gasteiger partial charge on any atom is -0.368 e. The van der Waals surface area contributed by atoms with E-state index in [1.807, 2.05) is 0 Å². The van der Waals surface area contributed by atoms with E-state index in [4.69, 9.17) is 12.2 Å². The predicted octanol–water partition coefficient (Wildman–Crippen LogP) is -0.989. The molecule has 1 atom stereocenters. The summed E-state index contributed by atoms with van der Waals surface area (Å²) in [6, 6.07) is 2.78. The molecule has 0 saturated heterocycles. The number of hydrogen-bond acceptors (Lipinski definition) is 5. The van der Waals surface area contributed by atoms with E-state index in [1.165, 1.54) is 12.1 Å². The molecule has 0 aliphatic carbocycles. The zero-order chi connectivity index (χ0) is 14.6. The fourth-order valence-corrected chi connectivity index (χ4v) is 2.30. The molecule has 0 saturated carbocycles. The minimum absolute atomic E-state index is 0.351. The molecule has 0 unspecified atom stereocenters. The Balaban J connectivity index is 3.19. The third-order valence-corrected chi connectivity index (χ3v) is 3.74. The Morgan fingerprint density at radius 2 is 1.89 bits per heavy atom. The van der Waals surface area contributed by atoms with Crippen LogP contribution >= 0.6 is 0 Å². The van der Waals surface area contributed by atoms with Crippen LogP contribution in [0.25, 0.3) is 0 Å². The van der Waals surface area contributed by atoms with E-state index in [9.17, 15) is 23.2 Å². The van der Waals surface area contributed by atoms with E-state index >= 15 is 0 Å². The number of carbonyl (C=O) groups excluding carboxylic acids is 2. The van der Waals surface area contributed by atoms with E-state index in [2.05, 4.69) is 5.92 Å². The maximum Gasteiger partial charge on any atom is 0.266 e. The van der Waals surface area contributed by atoms with E-state index in [-0.39, 0.29) is 4.90 Å². The summed E-state index contributed by atoms with van der Waals surface area (Å²) in [6.45, 7) is 0. The Kier molecular flexibility index (Phi) is 4.39. The van der Waals surface area contributed by atoms with Gasteiger partial charge in [0.05, 0.1) is 4.90 Å². The molecule has 0 spiro atoms. The van der Waals surface area contributed by atoms with Crippen molar-refractivity contribution in [3.8, 4) is 12.3 Å². The van der Waals surface area contributed by atoms with Gasteiger partial charge in [0.15, 0.2) is 6.04 Å². The second-order valence-corrected chi connectivity index (χ2v) is 5.16. The number of primary amides is 1. The van der Waals surface area contributed by atoms with Gasteiger partial charge in [-0.3, -0.25) is 14.8 Å². The number of sulfonamides is 1. The first-order valence-electron chi connectivity index (χ1n) is 4.81. The summed E-state index contributed by atoms with van der Waals surface area (Å²) in [6.07, 6.45) is 6.15. The largest absolute Gasteiger partial charge is 0.368 e. The van der Waals surface area contributed by atoms with Crippen molar-refractivity contribution < 1.29 is 23.2 Å². The summed E-state index contributed by atoms with van der Waals surface area (Å²) >= 11 is 0. The van der Waals surface area contributed by atoms with Crippen molar-refractivity contribution in [2.45, 2.75) is 10.9 Å². The lowest BCUT2D eigenvalue weighted by Crippen LogP contribution is -2.46.